The Morgan fingerprint density at radius 3 is 2.25 bits per heavy atom. The van der Waals surface area contributed by atoms with E-state index in [4.69, 9.17) is 10.5 Å². The molecule has 0 saturated carbocycles. The van der Waals surface area contributed by atoms with E-state index in [-0.39, 0.29) is 5.60 Å². The first-order valence-electron chi connectivity index (χ1n) is 2.49. The summed E-state index contributed by atoms with van der Waals surface area (Å²) in [6, 6.07) is 0. The summed E-state index contributed by atoms with van der Waals surface area (Å²) in [6.07, 6.45) is 0. The van der Waals surface area contributed by atoms with E-state index in [0.717, 1.165) is 5.33 Å². The van der Waals surface area contributed by atoms with E-state index in [2.05, 4.69) is 15.9 Å². The molecule has 0 saturated heterocycles. The lowest BCUT2D eigenvalue weighted by Gasteiger charge is -2.22. The van der Waals surface area contributed by atoms with Crippen LogP contribution >= 0.6 is 15.9 Å². The van der Waals surface area contributed by atoms with Gasteiger partial charge in [-0.2, -0.15) is 0 Å². The van der Waals surface area contributed by atoms with Crippen molar-refractivity contribution in [2.24, 2.45) is 5.73 Å². The van der Waals surface area contributed by atoms with Crippen LogP contribution in [0.1, 0.15) is 6.92 Å². The second-order valence-corrected chi connectivity index (χ2v) is 2.55. The highest BCUT2D eigenvalue weighted by atomic mass is 79.9. The van der Waals surface area contributed by atoms with Crippen molar-refractivity contribution in [1.82, 2.24) is 0 Å². The van der Waals surface area contributed by atoms with Crippen LogP contribution in [0.3, 0.4) is 0 Å². The van der Waals surface area contributed by atoms with Gasteiger partial charge in [0.1, 0.15) is 0 Å². The molecule has 0 aromatic rings. The Labute approximate surface area is 58.5 Å². The van der Waals surface area contributed by atoms with Crippen LogP contribution in [-0.2, 0) is 4.74 Å². The summed E-state index contributed by atoms with van der Waals surface area (Å²) < 4.78 is 5.06. The second-order valence-electron chi connectivity index (χ2n) is 1.99. The van der Waals surface area contributed by atoms with Gasteiger partial charge in [0.05, 0.1) is 5.60 Å². The molecule has 0 aromatic heterocycles. The fourth-order valence-corrected chi connectivity index (χ4v) is 0.650. The zero-order valence-corrected chi connectivity index (χ0v) is 6.86. The molecule has 50 valence electrons. The average molecular weight is 182 g/mol. The van der Waals surface area contributed by atoms with Crippen LogP contribution in [-0.4, -0.2) is 24.6 Å². The van der Waals surface area contributed by atoms with Crippen molar-refractivity contribution in [1.29, 1.82) is 0 Å². The molecule has 0 heterocycles. The Balaban J connectivity index is 3.58. The van der Waals surface area contributed by atoms with Gasteiger partial charge in [0.2, 0.25) is 0 Å². The van der Waals surface area contributed by atoms with E-state index in [9.17, 15) is 0 Å². The Morgan fingerprint density at radius 1 is 1.75 bits per heavy atom. The highest BCUT2D eigenvalue weighted by Gasteiger charge is 2.18. The third-order valence-electron chi connectivity index (χ3n) is 1.21. The minimum atomic E-state index is -0.181. The van der Waals surface area contributed by atoms with E-state index in [1.165, 1.54) is 0 Å². The van der Waals surface area contributed by atoms with E-state index >= 15 is 0 Å². The molecule has 0 aromatic carbocycles. The fraction of sp³-hybridized carbons (Fsp3) is 1.00. The van der Waals surface area contributed by atoms with Gasteiger partial charge < -0.3 is 10.5 Å². The molecular formula is C5H12BrNO. The van der Waals surface area contributed by atoms with Crippen molar-refractivity contribution >= 4 is 15.9 Å². The summed E-state index contributed by atoms with van der Waals surface area (Å²) in [5.41, 5.74) is 5.19. The van der Waals surface area contributed by atoms with Gasteiger partial charge in [-0.15, -0.1) is 0 Å². The molecule has 0 bridgehead atoms. The van der Waals surface area contributed by atoms with Crippen molar-refractivity contribution < 1.29 is 4.74 Å². The van der Waals surface area contributed by atoms with Crippen molar-refractivity contribution in [3.05, 3.63) is 0 Å². The van der Waals surface area contributed by atoms with E-state index in [1.54, 1.807) is 7.11 Å². The van der Waals surface area contributed by atoms with E-state index in [0.29, 0.717) is 6.54 Å². The van der Waals surface area contributed by atoms with Crippen LogP contribution in [0.25, 0.3) is 0 Å². The standard InChI is InChI=1S/C5H12BrNO/c1-5(3-6,4-7)8-2/h3-4,7H2,1-2H3. The predicted octanol–water partition coefficient (Wildman–Crippen LogP) is 0.745. The zero-order chi connectivity index (χ0) is 6.62. The first-order chi connectivity index (χ1) is 3.68. The molecule has 0 aliphatic heterocycles. The van der Waals surface area contributed by atoms with Crippen LogP contribution in [0.15, 0.2) is 0 Å². The van der Waals surface area contributed by atoms with Crippen molar-refractivity contribution in [2.75, 3.05) is 19.0 Å². The largest absolute Gasteiger partial charge is 0.376 e. The quantitative estimate of drug-likeness (QED) is 0.653. The monoisotopic (exact) mass is 181 g/mol. The molecule has 2 nitrogen and oxygen atoms in total. The molecular weight excluding hydrogens is 170 g/mol. The number of hydrogen-bond donors (Lipinski definition) is 1. The summed E-state index contributed by atoms with van der Waals surface area (Å²) in [6.45, 7) is 2.51. The minimum absolute atomic E-state index is 0.181. The normalized spacial score (nSPS) is 18.0. The third-order valence-corrected chi connectivity index (χ3v) is 2.39. The molecule has 0 rings (SSSR count). The molecule has 3 heteroatoms. The second kappa shape index (κ2) is 3.43. The van der Waals surface area contributed by atoms with Crippen LogP contribution in [0.5, 0.6) is 0 Å². The van der Waals surface area contributed by atoms with Gasteiger partial charge in [-0.25, -0.2) is 0 Å². The molecule has 0 radical (unpaired) electrons. The minimum Gasteiger partial charge on any atom is -0.376 e. The van der Waals surface area contributed by atoms with Crippen molar-refractivity contribution in [2.45, 2.75) is 12.5 Å². The molecule has 0 aliphatic rings. The van der Waals surface area contributed by atoms with E-state index in [1.807, 2.05) is 6.92 Å². The lowest BCUT2D eigenvalue weighted by molar-refractivity contribution is 0.0361. The molecule has 0 amide bonds. The maximum absolute atomic E-state index is 5.37. The average Bonchev–Trinajstić information content (AvgIpc) is 1.87. The number of methoxy groups -OCH3 is 1. The summed E-state index contributed by atoms with van der Waals surface area (Å²) >= 11 is 3.29. The van der Waals surface area contributed by atoms with Gasteiger partial charge in [-0.05, 0) is 6.92 Å². The maximum atomic E-state index is 5.37. The SMILES string of the molecule is COC(C)(CN)CBr. The maximum Gasteiger partial charge on any atom is 0.0868 e. The number of hydrogen-bond acceptors (Lipinski definition) is 2. The first kappa shape index (κ1) is 8.40. The summed E-state index contributed by atoms with van der Waals surface area (Å²) in [5.74, 6) is 0. The lowest BCUT2D eigenvalue weighted by Crippen LogP contribution is -2.38. The fourth-order valence-electron chi connectivity index (χ4n) is 0.192. The molecule has 0 spiro atoms. The highest BCUT2D eigenvalue weighted by molar-refractivity contribution is 9.09. The van der Waals surface area contributed by atoms with Gasteiger partial charge in [0.25, 0.3) is 0 Å². The van der Waals surface area contributed by atoms with Crippen LogP contribution in [0.4, 0.5) is 0 Å². The Hall–Kier alpha value is 0.400. The van der Waals surface area contributed by atoms with Crippen LogP contribution in [0.2, 0.25) is 0 Å². The van der Waals surface area contributed by atoms with Crippen LogP contribution in [0, 0.1) is 0 Å². The number of alkyl halides is 1. The number of ether oxygens (including phenoxy) is 1. The summed E-state index contributed by atoms with van der Waals surface area (Å²) in [5, 5.41) is 0.785. The van der Waals surface area contributed by atoms with E-state index < -0.39 is 0 Å². The molecule has 1 atom stereocenters. The van der Waals surface area contributed by atoms with Crippen LogP contribution < -0.4 is 5.73 Å². The third kappa shape index (κ3) is 2.11. The van der Waals surface area contributed by atoms with Crippen molar-refractivity contribution in [3.8, 4) is 0 Å². The molecule has 8 heavy (non-hydrogen) atoms. The van der Waals surface area contributed by atoms with Gasteiger partial charge in [0, 0.05) is 19.0 Å². The van der Waals surface area contributed by atoms with Gasteiger partial charge in [-0.3, -0.25) is 0 Å². The number of halogens is 1. The summed E-state index contributed by atoms with van der Waals surface area (Å²) in [7, 11) is 1.66. The smallest absolute Gasteiger partial charge is 0.0868 e. The Morgan fingerprint density at radius 2 is 2.25 bits per heavy atom. The van der Waals surface area contributed by atoms with Gasteiger partial charge in [0.15, 0.2) is 0 Å². The van der Waals surface area contributed by atoms with Gasteiger partial charge in [-0.1, -0.05) is 15.9 Å². The van der Waals surface area contributed by atoms with Crippen molar-refractivity contribution in [3.63, 3.8) is 0 Å². The Bertz CT molecular complexity index is 55.2. The summed E-state index contributed by atoms with van der Waals surface area (Å²) in [4.78, 5) is 0. The predicted molar refractivity (Wildman–Crippen MR) is 38.3 cm³/mol. The zero-order valence-electron chi connectivity index (χ0n) is 5.28. The number of nitrogens with two attached hydrogens (primary N) is 1. The molecule has 1 unspecified atom stereocenters. The lowest BCUT2D eigenvalue weighted by atomic mass is 10.1. The Kier molecular flexibility index (Phi) is 3.60. The topological polar surface area (TPSA) is 35.2 Å². The molecule has 0 aliphatic carbocycles. The molecule has 0 fully saturated rings. The number of rotatable bonds is 3. The molecule has 2 N–H and O–H groups in total. The highest BCUT2D eigenvalue weighted by Crippen LogP contribution is 2.09. The van der Waals surface area contributed by atoms with Gasteiger partial charge >= 0.3 is 0 Å². The first-order valence-corrected chi connectivity index (χ1v) is 3.62.